The standard InChI is InChI=1S/C28H46O7/c1-3-5-7-9-11-21-23(33-21)13-15-31-27(29)19-17-25-26(35-25)18-20(19)28(30)32-16-14-24-22(34-24)12-10-8-6-4-2/h19-26H,3-18H2,1-2H3. The molecule has 0 radical (unpaired) electrons. The number of carbonyl (C=O) groups excluding carboxylic acids is 2. The Bertz CT molecular complexity index is 626. The summed E-state index contributed by atoms with van der Waals surface area (Å²) in [6.07, 6.45) is 16.0. The highest BCUT2D eigenvalue weighted by atomic mass is 16.6. The molecule has 0 aromatic carbocycles. The van der Waals surface area contributed by atoms with Crippen LogP contribution in [-0.4, -0.2) is 61.8 Å². The molecule has 0 amide bonds. The number of carbonyl (C=O) groups is 2. The van der Waals surface area contributed by atoms with Crippen LogP contribution in [0.25, 0.3) is 0 Å². The van der Waals surface area contributed by atoms with Crippen LogP contribution in [0.5, 0.6) is 0 Å². The maximum atomic E-state index is 12.8. The normalized spacial score (nSPS) is 34.7. The van der Waals surface area contributed by atoms with Gasteiger partial charge >= 0.3 is 11.9 Å². The average molecular weight is 495 g/mol. The highest BCUT2D eigenvalue weighted by molar-refractivity contribution is 5.82. The zero-order chi connectivity index (χ0) is 24.6. The summed E-state index contributed by atoms with van der Waals surface area (Å²) in [6.45, 7) is 5.12. The van der Waals surface area contributed by atoms with Crippen LogP contribution in [0.15, 0.2) is 0 Å². The zero-order valence-electron chi connectivity index (χ0n) is 21.8. The molecule has 4 aliphatic rings. The fourth-order valence-electron chi connectivity index (χ4n) is 5.63. The third kappa shape index (κ3) is 8.43. The molecule has 200 valence electrons. The van der Waals surface area contributed by atoms with E-state index in [0.717, 1.165) is 25.7 Å². The number of unbranched alkanes of at least 4 members (excludes halogenated alkanes) is 6. The second-order valence-electron chi connectivity index (χ2n) is 10.9. The van der Waals surface area contributed by atoms with Crippen molar-refractivity contribution in [3.63, 3.8) is 0 Å². The molecule has 8 unspecified atom stereocenters. The van der Waals surface area contributed by atoms with Crippen molar-refractivity contribution in [1.82, 2.24) is 0 Å². The molecule has 7 nitrogen and oxygen atoms in total. The fraction of sp³-hybridized carbons (Fsp3) is 0.929. The Kier molecular flexibility index (Phi) is 10.3. The van der Waals surface area contributed by atoms with Crippen molar-refractivity contribution in [3.05, 3.63) is 0 Å². The van der Waals surface area contributed by atoms with Crippen LogP contribution in [0.4, 0.5) is 0 Å². The maximum Gasteiger partial charge on any atom is 0.309 e. The van der Waals surface area contributed by atoms with Crippen LogP contribution in [0.2, 0.25) is 0 Å². The third-order valence-electron chi connectivity index (χ3n) is 8.10. The number of hydrogen-bond donors (Lipinski definition) is 0. The lowest BCUT2D eigenvalue weighted by Gasteiger charge is -2.26. The lowest BCUT2D eigenvalue weighted by molar-refractivity contribution is -0.162. The van der Waals surface area contributed by atoms with Gasteiger partial charge in [0.2, 0.25) is 0 Å². The monoisotopic (exact) mass is 494 g/mol. The Morgan fingerprint density at radius 1 is 0.600 bits per heavy atom. The van der Waals surface area contributed by atoms with E-state index in [0.29, 0.717) is 38.3 Å². The largest absolute Gasteiger partial charge is 0.465 e. The van der Waals surface area contributed by atoms with Crippen molar-refractivity contribution in [3.8, 4) is 0 Å². The summed E-state index contributed by atoms with van der Waals surface area (Å²) in [6, 6.07) is 0. The third-order valence-corrected chi connectivity index (χ3v) is 8.10. The van der Waals surface area contributed by atoms with Gasteiger partial charge in [0, 0.05) is 12.8 Å². The minimum absolute atomic E-state index is 0.0872. The van der Waals surface area contributed by atoms with Crippen molar-refractivity contribution < 1.29 is 33.3 Å². The summed E-state index contributed by atoms with van der Waals surface area (Å²) in [5.41, 5.74) is 0. The van der Waals surface area contributed by atoms with Crippen molar-refractivity contribution >= 4 is 11.9 Å². The number of fused-ring (bicyclic) bond motifs is 1. The number of rotatable bonds is 18. The summed E-state index contributed by atoms with van der Waals surface area (Å²) < 4.78 is 28.2. The Balaban J connectivity index is 1.10. The molecule has 8 atom stereocenters. The van der Waals surface area contributed by atoms with Crippen molar-refractivity contribution in [1.29, 1.82) is 0 Å². The van der Waals surface area contributed by atoms with Crippen LogP contribution >= 0.6 is 0 Å². The number of esters is 2. The first-order valence-electron chi connectivity index (χ1n) is 14.4. The molecular weight excluding hydrogens is 448 g/mol. The number of hydrogen-bond acceptors (Lipinski definition) is 7. The first-order valence-corrected chi connectivity index (χ1v) is 14.4. The second-order valence-corrected chi connectivity index (χ2v) is 10.9. The van der Waals surface area contributed by atoms with E-state index in [1.807, 2.05) is 0 Å². The van der Waals surface area contributed by atoms with Gasteiger partial charge < -0.3 is 23.7 Å². The molecule has 3 heterocycles. The molecule has 3 aliphatic heterocycles. The van der Waals surface area contributed by atoms with Crippen LogP contribution in [0.1, 0.15) is 104 Å². The Morgan fingerprint density at radius 2 is 1.03 bits per heavy atom. The lowest BCUT2D eigenvalue weighted by Crippen LogP contribution is -2.38. The zero-order valence-corrected chi connectivity index (χ0v) is 21.8. The second kappa shape index (κ2) is 13.4. The molecule has 4 fully saturated rings. The van der Waals surface area contributed by atoms with E-state index in [2.05, 4.69) is 13.8 Å². The van der Waals surface area contributed by atoms with Crippen LogP contribution in [-0.2, 0) is 33.3 Å². The fourth-order valence-corrected chi connectivity index (χ4v) is 5.63. The molecule has 7 heteroatoms. The van der Waals surface area contributed by atoms with Crippen LogP contribution in [0, 0.1) is 11.8 Å². The molecule has 0 aromatic rings. The quantitative estimate of drug-likeness (QED) is 0.148. The molecule has 0 bridgehead atoms. The molecule has 1 aliphatic carbocycles. The molecular formula is C28H46O7. The van der Waals surface area contributed by atoms with Gasteiger partial charge in [-0.1, -0.05) is 65.2 Å². The van der Waals surface area contributed by atoms with E-state index < -0.39 is 11.8 Å². The Hall–Kier alpha value is -1.18. The van der Waals surface area contributed by atoms with E-state index in [-0.39, 0.29) is 36.4 Å². The predicted molar refractivity (Wildman–Crippen MR) is 131 cm³/mol. The summed E-state index contributed by atoms with van der Waals surface area (Å²) in [5.74, 6) is -1.53. The van der Waals surface area contributed by atoms with Crippen molar-refractivity contribution in [2.75, 3.05) is 13.2 Å². The lowest BCUT2D eigenvalue weighted by atomic mass is 9.79. The van der Waals surface area contributed by atoms with Gasteiger partial charge in [-0.15, -0.1) is 0 Å². The number of epoxide rings is 3. The van der Waals surface area contributed by atoms with E-state index in [4.69, 9.17) is 23.7 Å². The summed E-state index contributed by atoms with van der Waals surface area (Å²) in [7, 11) is 0. The SMILES string of the molecule is CCCCCCC1OC1CCOC(=O)C1CC2OC2CC1C(=O)OCCC1OC1CCCCCC. The van der Waals surface area contributed by atoms with Gasteiger partial charge in [-0.3, -0.25) is 9.59 Å². The van der Waals surface area contributed by atoms with E-state index in [1.165, 1.54) is 51.4 Å². The molecule has 0 N–H and O–H groups in total. The molecule has 4 rings (SSSR count). The highest BCUT2D eigenvalue weighted by Crippen LogP contribution is 2.44. The van der Waals surface area contributed by atoms with Crippen molar-refractivity contribution in [2.45, 2.75) is 140 Å². The first-order chi connectivity index (χ1) is 17.1. The highest BCUT2D eigenvalue weighted by Gasteiger charge is 2.53. The first kappa shape index (κ1) is 26.9. The minimum Gasteiger partial charge on any atom is -0.465 e. The van der Waals surface area contributed by atoms with E-state index in [9.17, 15) is 9.59 Å². The molecule has 1 saturated carbocycles. The predicted octanol–water partition coefficient (Wildman–Crippen LogP) is 5.12. The van der Waals surface area contributed by atoms with E-state index in [1.54, 1.807) is 0 Å². The van der Waals surface area contributed by atoms with Crippen LogP contribution in [0.3, 0.4) is 0 Å². The Labute approximate surface area is 210 Å². The summed E-state index contributed by atoms with van der Waals surface area (Å²) >= 11 is 0. The summed E-state index contributed by atoms with van der Waals surface area (Å²) in [5, 5.41) is 0. The van der Waals surface area contributed by atoms with Gasteiger partial charge in [0.15, 0.2) is 0 Å². The number of ether oxygens (including phenoxy) is 5. The average Bonchev–Trinajstić information content (AvgIpc) is 3.75. The van der Waals surface area contributed by atoms with Gasteiger partial charge in [0.25, 0.3) is 0 Å². The molecule has 0 aromatic heterocycles. The minimum atomic E-state index is -0.472. The van der Waals surface area contributed by atoms with Crippen molar-refractivity contribution in [2.24, 2.45) is 11.8 Å². The Morgan fingerprint density at radius 3 is 1.46 bits per heavy atom. The molecule has 0 spiro atoms. The van der Waals surface area contributed by atoms with Gasteiger partial charge in [-0.2, -0.15) is 0 Å². The molecule has 3 saturated heterocycles. The summed E-state index contributed by atoms with van der Waals surface area (Å²) in [4.78, 5) is 25.7. The van der Waals surface area contributed by atoms with Crippen LogP contribution < -0.4 is 0 Å². The topological polar surface area (TPSA) is 90.2 Å². The van der Waals surface area contributed by atoms with Gasteiger partial charge in [-0.25, -0.2) is 0 Å². The van der Waals surface area contributed by atoms with Gasteiger partial charge in [0.05, 0.1) is 61.7 Å². The van der Waals surface area contributed by atoms with E-state index >= 15 is 0 Å². The van der Waals surface area contributed by atoms with Gasteiger partial charge in [-0.05, 0) is 25.7 Å². The smallest absolute Gasteiger partial charge is 0.309 e. The molecule has 35 heavy (non-hydrogen) atoms. The van der Waals surface area contributed by atoms with Gasteiger partial charge in [0.1, 0.15) is 0 Å². The maximum absolute atomic E-state index is 12.8.